The van der Waals surface area contributed by atoms with Crippen LogP contribution in [-0.4, -0.2) is 96.7 Å². The van der Waals surface area contributed by atoms with Gasteiger partial charge in [0.2, 0.25) is 0 Å². The van der Waals surface area contributed by atoms with Gasteiger partial charge in [0, 0.05) is 25.7 Å². The van der Waals surface area contributed by atoms with Crippen LogP contribution in [0, 0.1) is 23.7 Å². The lowest BCUT2D eigenvalue weighted by Gasteiger charge is -2.21. The molecule has 0 saturated heterocycles. The molecule has 0 saturated carbocycles. The highest BCUT2D eigenvalue weighted by molar-refractivity contribution is 7.47. The molecule has 4 unspecified atom stereocenters. The standard InChI is InChI=1S/C81H158O17P2/c1-9-74(8)60-52-44-36-27-23-19-14-12-10-11-13-15-21-25-29-38-47-55-63-80(85)97-76(67-91-78(83)61-53-45-37-28-24-20-17-16-18-22-26-33-41-49-57-71(2)3)69-95-99(87,88)93-65-75(82)66-94-100(89,90)96-70-77(68-92-79(84)62-54-46-40-32-35-43-51-59-73(6)7)98-81(86)64-56-48-39-31-30-34-42-50-58-72(4)5/h71-77,82H,9-70H2,1-8H3,(H,87,88)(H,89,90)/t74?,75?,76-,77-/m1/s1. The van der Waals surface area contributed by atoms with Crippen LogP contribution in [0.4, 0.5) is 0 Å². The molecule has 3 N–H and O–H groups in total. The number of esters is 4. The predicted molar refractivity (Wildman–Crippen MR) is 409 cm³/mol. The first-order chi connectivity index (χ1) is 48.1. The Morgan fingerprint density at radius 3 is 0.710 bits per heavy atom. The average Bonchev–Trinajstić information content (AvgIpc) is 0.910. The molecular formula is C81H158O17P2. The number of aliphatic hydroxyl groups excluding tert-OH is 1. The van der Waals surface area contributed by atoms with Crippen LogP contribution in [0.25, 0.3) is 0 Å². The van der Waals surface area contributed by atoms with E-state index in [1.807, 2.05) is 0 Å². The lowest BCUT2D eigenvalue weighted by Crippen LogP contribution is -2.30. The van der Waals surface area contributed by atoms with Crippen molar-refractivity contribution in [2.24, 2.45) is 23.7 Å². The fourth-order valence-corrected chi connectivity index (χ4v) is 14.0. The molecule has 17 nitrogen and oxygen atoms in total. The molecule has 594 valence electrons. The molecule has 19 heteroatoms. The van der Waals surface area contributed by atoms with Gasteiger partial charge in [0.25, 0.3) is 0 Å². The maximum Gasteiger partial charge on any atom is 0.472 e. The first kappa shape index (κ1) is 98.1. The number of hydrogen-bond donors (Lipinski definition) is 3. The largest absolute Gasteiger partial charge is 0.472 e. The van der Waals surface area contributed by atoms with Gasteiger partial charge in [-0.1, -0.05) is 364 Å². The summed E-state index contributed by atoms with van der Waals surface area (Å²) >= 11 is 0. The number of carbonyl (C=O) groups is 4. The highest BCUT2D eigenvalue weighted by atomic mass is 31.2. The van der Waals surface area contributed by atoms with Crippen molar-refractivity contribution in [3.63, 3.8) is 0 Å². The van der Waals surface area contributed by atoms with E-state index < -0.39 is 97.5 Å². The Kier molecular flexibility index (Phi) is 68.7. The molecule has 0 amide bonds. The third kappa shape index (κ3) is 73.0. The summed E-state index contributed by atoms with van der Waals surface area (Å²) in [6.07, 6.45) is 57.1. The number of aliphatic hydroxyl groups is 1. The van der Waals surface area contributed by atoms with E-state index >= 15 is 0 Å². The van der Waals surface area contributed by atoms with Crippen molar-refractivity contribution in [2.45, 2.75) is 433 Å². The SMILES string of the molecule is CCC(C)CCCCCCCCCCCCCCCCCCCCC(=O)O[C@H](COC(=O)CCCCCCCCCCCCCCCCC(C)C)COP(=O)(O)OCC(O)COP(=O)(O)OC[C@@H](COC(=O)CCCCCCCCCC(C)C)OC(=O)CCCCCCCCCCC(C)C. The second-order valence-electron chi connectivity index (χ2n) is 30.8. The molecule has 6 atom stereocenters. The summed E-state index contributed by atoms with van der Waals surface area (Å²) in [4.78, 5) is 72.9. The van der Waals surface area contributed by atoms with Crippen LogP contribution >= 0.6 is 15.6 Å². The molecule has 0 aliphatic rings. The first-order valence-corrected chi connectivity index (χ1v) is 44.7. The summed E-state index contributed by atoms with van der Waals surface area (Å²) in [5, 5.41) is 10.6. The van der Waals surface area contributed by atoms with Gasteiger partial charge in [-0.2, -0.15) is 0 Å². The number of hydrogen-bond acceptors (Lipinski definition) is 15. The van der Waals surface area contributed by atoms with Gasteiger partial charge < -0.3 is 33.8 Å². The van der Waals surface area contributed by atoms with Crippen molar-refractivity contribution in [1.82, 2.24) is 0 Å². The molecule has 0 aliphatic carbocycles. The third-order valence-electron chi connectivity index (χ3n) is 19.2. The molecule has 0 bridgehead atoms. The minimum atomic E-state index is -4.96. The van der Waals surface area contributed by atoms with E-state index in [1.165, 1.54) is 212 Å². The van der Waals surface area contributed by atoms with Crippen molar-refractivity contribution in [3.8, 4) is 0 Å². The molecule has 0 aromatic heterocycles. The van der Waals surface area contributed by atoms with E-state index in [4.69, 9.17) is 37.0 Å². The van der Waals surface area contributed by atoms with Crippen molar-refractivity contribution >= 4 is 39.5 Å². The Morgan fingerprint density at radius 2 is 0.480 bits per heavy atom. The average molecular weight is 1470 g/mol. The molecule has 0 aromatic rings. The lowest BCUT2D eigenvalue weighted by molar-refractivity contribution is -0.161. The van der Waals surface area contributed by atoms with Gasteiger partial charge in [0.05, 0.1) is 26.4 Å². The van der Waals surface area contributed by atoms with Crippen LogP contribution in [0.2, 0.25) is 0 Å². The van der Waals surface area contributed by atoms with E-state index in [9.17, 15) is 43.2 Å². The molecule has 0 rings (SSSR count). The van der Waals surface area contributed by atoms with Gasteiger partial charge >= 0.3 is 39.5 Å². The molecule has 100 heavy (non-hydrogen) atoms. The van der Waals surface area contributed by atoms with Crippen LogP contribution in [-0.2, 0) is 65.4 Å². The third-order valence-corrected chi connectivity index (χ3v) is 21.1. The molecule has 0 radical (unpaired) electrons. The van der Waals surface area contributed by atoms with Gasteiger partial charge in [-0.05, 0) is 49.4 Å². The Labute approximate surface area is 613 Å². The quantitative estimate of drug-likeness (QED) is 0.0222. The van der Waals surface area contributed by atoms with E-state index in [0.717, 1.165) is 114 Å². The van der Waals surface area contributed by atoms with Crippen LogP contribution in [0.15, 0.2) is 0 Å². The Morgan fingerprint density at radius 1 is 0.280 bits per heavy atom. The van der Waals surface area contributed by atoms with E-state index in [1.54, 1.807) is 0 Å². The number of carbonyl (C=O) groups excluding carboxylic acids is 4. The molecular weight excluding hydrogens is 1310 g/mol. The lowest BCUT2D eigenvalue weighted by atomic mass is 9.99. The summed E-state index contributed by atoms with van der Waals surface area (Å²) in [5.41, 5.74) is 0. The zero-order valence-corrected chi connectivity index (χ0v) is 67.6. The summed E-state index contributed by atoms with van der Waals surface area (Å²) in [5.74, 6) is 0.976. The minimum Gasteiger partial charge on any atom is -0.462 e. The second kappa shape index (κ2) is 70.1. The normalized spacial score (nSPS) is 14.3. The monoisotopic (exact) mass is 1470 g/mol. The van der Waals surface area contributed by atoms with Crippen LogP contribution in [0.5, 0.6) is 0 Å². The number of phosphoric acid groups is 2. The molecule has 0 heterocycles. The highest BCUT2D eigenvalue weighted by Crippen LogP contribution is 2.45. The van der Waals surface area contributed by atoms with Gasteiger partial charge in [-0.15, -0.1) is 0 Å². The van der Waals surface area contributed by atoms with Crippen molar-refractivity contribution in [3.05, 3.63) is 0 Å². The Bertz CT molecular complexity index is 1960. The van der Waals surface area contributed by atoms with Crippen LogP contribution in [0.1, 0.15) is 415 Å². The molecule has 0 aliphatic heterocycles. The fraction of sp³-hybridized carbons (Fsp3) is 0.951. The zero-order valence-electron chi connectivity index (χ0n) is 65.8. The summed E-state index contributed by atoms with van der Waals surface area (Å²) < 4.78 is 68.6. The zero-order chi connectivity index (χ0) is 73.8. The van der Waals surface area contributed by atoms with Crippen LogP contribution < -0.4 is 0 Å². The molecule has 0 spiro atoms. The predicted octanol–water partition coefficient (Wildman–Crippen LogP) is 24.0. The Hall–Kier alpha value is -1.94. The van der Waals surface area contributed by atoms with Gasteiger partial charge in [-0.3, -0.25) is 37.3 Å². The smallest absolute Gasteiger partial charge is 0.462 e. The van der Waals surface area contributed by atoms with Crippen molar-refractivity contribution in [2.75, 3.05) is 39.6 Å². The number of ether oxygens (including phenoxy) is 4. The fourth-order valence-electron chi connectivity index (χ4n) is 12.4. The van der Waals surface area contributed by atoms with Gasteiger partial charge in [-0.25, -0.2) is 9.13 Å². The van der Waals surface area contributed by atoms with Crippen molar-refractivity contribution in [1.29, 1.82) is 0 Å². The summed E-state index contributed by atoms with van der Waals surface area (Å²) in [6, 6.07) is 0. The van der Waals surface area contributed by atoms with Crippen molar-refractivity contribution < 1.29 is 80.2 Å². The van der Waals surface area contributed by atoms with E-state index in [0.29, 0.717) is 31.6 Å². The second-order valence-corrected chi connectivity index (χ2v) is 33.7. The van der Waals surface area contributed by atoms with Gasteiger partial charge in [0.15, 0.2) is 12.2 Å². The van der Waals surface area contributed by atoms with E-state index in [2.05, 4.69) is 55.4 Å². The molecule has 0 fully saturated rings. The van der Waals surface area contributed by atoms with Gasteiger partial charge in [0.1, 0.15) is 19.3 Å². The van der Waals surface area contributed by atoms with E-state index in [-0.39, 0.29) is 25.7 Å². The summed E-state index contributed by atoms with van der Waals surface area (Å²) in [6.45, 7) is 14.2. The number of phosphoric ester groups is 2. The topological polar surface area (TPSA) is 237 Å². The number of unbranched alkanes of at least 4 members (excludes halogenated alkanes) is 43. The minimum absolute atomic E-state index is 0.104. The van der Waals surface area contributed by atoms with Crippen LogP contribution in [0.3, 0.4) is 0 Å². The number of rotatable bonds is 78. The Balaban J connectivity index is 5.20. The maximum atomic E-state index is 13.1. The maximum absolute atomic E-state index is 13.1. The highest BCUT2D eigenvalue weighted by Gasteiger charge is 2.30. The molecule has 0 aromatic carbocycles. The first-order valence-electron chi connectivity index (χ1n) is 41.7. The summed E-state index contributed by atoms with van der Waals surface area (Å²) in [7, 11) is -9.92.